The lowest BCUT2D eigenvalue weighted by Crippen LogP contribution is -2.32. The van der Waals surface area contributed by atoms with Gasteiger partial charge in [0, 0.05) is 4.88 Å². The number of nitrogens with two attached hydrogens (primary N) is 1. The van der Waals surface area contributed by atoms with E-state index in [-0.39, 0.29) is 10.9 Å². The van der Waals surface area contributed by atoms with E-state index in [9.17, 15) is 4.79 Å². The molecule has 1 aromatic heterocycles. The van der Waals surface area contributed by atoms with Crippen LogP contribution >= 0.6 is 23.6 Å². The van der Waals surface area contributed by atoms with Crippen LogP contribution in [0, 0.1) is 5.92 Å². The summed E-state index contributed by atoms with van der Waals surface area (Å²) in [5.41, 5.74) is 6.66. The summed E-state index contributed by atoms with van der Waals surface area (Å²) in [5, 5.41) is 3.48. The summed E-state index contributed by atoms with van der Waals surface area (Å²) in [7, 11) is 0. The molecule has 0 spiro atoms. The third-order valence-electron chi connectivity index (χ3n) is 2.89. The molecule has 0 saturated heterocycles. The molecule has 1 atom stereocenters. The van der Waals surface area contributed by atoms with Crippen molar-refractivity contribution in [3.63, 3.8) is 0 Å². The van der Waals surface area contributed by atoms with Crippen LogP contribution in [-0.4, -0.2) is 15.9 Å². The highest BCUT2D eigenvalue weighted by Gasteiger charge is 2.22. The highest BCUT2D eigenvalue weighted by Crippen LogP contribution is 2.30. The molecule has 17 heavy (non-hydrogen) atoms. The van der Waals surface area contributed by atoms with E-state index in [1.165, 1.54) is 11.3 Å². The molecule has 6 heteroatoms. The van der Waals surface area contributed by atoms with Crippen molar-refractivity contribution in [3.8, 4) is 0 Å². The lowest BCUT2D eigenvalue weighted by molar-refractivity contribution is -0.118. The number of carbonyl (C=O) groups excluding carboxylic acids is 1. The van der Waals surface area contributed by atoms with Crippen molar-refractivity contribution in [1.29, 1.82) is 0 Å². The normalized spacial score (nSPS) is 15.4. The average molecular weight is 269 g/mol. The van der Waals surface area contributed by atoms with Gasteiger partial charge in [0.25, 0.3) is 0 Å². The predicted octanol–water partition coefficient (Wildman–Crippen LogP) is 1.88. The number of fused-ring (bicyclic) bond motifs is 1. The van der Waals surface area contributed by atoms with Crippen LogP contribution < -0.4 is 11.1 Å². The Morgan fingerprint density at radius 1 is 1.65 bits per heavy atom. The molecule has 3 N–H and O–H groups in total. The van der Waals surface area contributed by atoms with E-state index < -0.39 is 5.92 Å². The molecular weight excluding hydrogens is 254 g/mol. The minimum Gasteiger partial charge on any atom is -0.393 e. The van der Waals surface area contributed by atoms with Crippen LogP contribution in [0.25, 0.3) is 0 Å². The molecule has 1 heterocycles. The van der Waals surface area contributed by atoms with Crippen molar-refractivity contribution in [1.82, 2.24) is 4.98 Å². The van der Waals surface area contributed by atoms with Gasteiger partial charge in [-0.3, -0.25) is 4.79 Å². The maximum Gasteiger partial charge on any atom is 0.236 e. The number of rotatable bonds is 4. The Balaban J connectivity index is 2.05. The van der Waals surface area contributed by atoms with Gasteiger partial charge >= 0.3 is 0 Å². The van der Waals surface area contributed by atoms with Gasteiger partial charge in [-0.15, -0.1) is 11.3 Å². The summed E-state index contributed by atoms with van der Waals surface area (Å²) in [4.78, 5) is 17.8. The van der Waals surface area contributed by atoms with Crippen LogP contribution in [0.5, 0.6) is 0 Å². The molecule has 0 aliphatic heterocycles. The van der Waals surface area contributed by atoms with Crippen molar-refractivity contribution < 1.29 is 4.79 Å². The van der Waals surface area contributed by atoms with Crippen LogP contribution in [0.1, 0.15) is 30.3 Å². The summed E-state index contributed by atoms with van der Waals surface area (Å²) in [6.45, 7) is 1.89. The zero-order valence-corrected chi connectivity index (χ0v) is 11.3. The molecule has 4 nitrogen and oxygen atoms in total. The average Bonchev–Trinajstić information content (AvgIpc) is 2.77. The number of aryl methyl sites for hydroxylation is 2. The van der Waals surface area contributed by atoms with E-state index in [1.54, 1.807) is 11.3 Å². The lowest BCUT2D eigenvalue weighted by Gasteiger charge is -2.11. The first kappa shape index (κ1) is 12.4. The Morgan fingerprint density at radius 2 is 2.41 bits per heavy atom. The third kappa shape index (κ3) is 2.63. The molecule has 1 amide bonds. The minimum absolute atomic E-state index is 0.146. The van der Waals surface area contributed by atoms with Crippen LogP contribution in [0.2, 0.25) is 0 Å². The molecule has 2 rings (SSSR count). The fraction of sp³-hybridized carbons (Fsp3) is 0.545. The quantitative estimate of drug-likeness (QED) is 0.819. The summed E-state index contributed by atoms with van der Waals surface area (Å²) in [6, 6.07) is 0. The van der Waals surface area contributed by atoms with E-state index in [0.717, 1.165) is 18.5 Å². The van der Waals surface area contributed by atoms with Crippen LogP contribution in [-0.2, 0) is 17.6 Å². The monoisotopic (exact) mass is 269 g/mol. The largest absolute Gasteiger partial charge is 0.393 e. The number of carbonyl (C=O) groups is 1. The fourth-order valence-electron chi connectivity index (χ4n) is 1.95. The number of hydrogen-bond donors (Lipinski definition) is 2. The molecule has 0 saturated carbocycles. The molecule has 0 fully saturated rings. The van der Waals surface area contributed by atoms with Gasteiger partial charge in [0.15, 0.2) is 5.13 Å². The molecule has 1 unspecified atom stereocenters. The van der Waals surface area contributed by atoms with Gasteiger partial charge in [0.05, 0.1) is 16.6 Å². The first-order valence-corrected chi connectivity index (χ1v) is 6.93. The predicted molar refractivity (Wildman–Crippen MR) is 73.3 cm³/mol. The Morgan fingerprint density at radius 3 is 3.00 bits per heavy atom. The molecule has 1 aromatic rings. The number of nitrogens with zero attached hydrogens (tertiary/aromatic N) is 1. The number of nitrogens with one attached hydrogen (secondary N) is 1. The Labute approximate surface area is 110 Å². The maximum atomic E-state index is 11.9. The molecular formula is C11H15N3OS2. The number of aromatic nitrogens is 1. The van der Waals surface area contributed by atoms with Gasteiger partial charge in [-0.2, -0.15) is 0 Å². The van der Waals surface area contributed by atoms with E-state index in [2.05, 4.69) is 10.3 Å². The molecule has 1 aliphatic carbocycles. The number of amides is 1. The van der Waals surface area contributed by atoms with E-state index in [0.29, 0.717) is 11.6 Å². The standard InChI is InChI=1S/C11H15N3OS2/c1-2-6(9(12)16)10(15)14-11-13-7-4-3-5-8(7)17-11/h6H,2-5H2,1H3,(H2,12,16)(H,13,14,15). The van der Waals surface area contributed by atoms with Gasteiger partial charge < -0.3 is 11.1 Å². The van der Waals surface area contributed by atoms with Crippen molar-refractivity contribution >= 4 is 39.6 Å². The summed E-state index contributed by atoms with van der Waals surface area (Å²) >= 11 is 6.44. The van der Waals surface area contributed by atoms with Gasteiger partial charge in [0.2, 0.25) is 5.91 Å². The minimum atomic E-state index is -0.399. The number of hydrogen-bond acceptors (Lipinski definition) is 4. The lowest BCUT2D eigenvalue weighted by atomic mass is 10.1. The van der Waals surface area contributed by atoms with Crippen LogP contribution in [0.15, 0.2) is 0 Å². The second-order valence-electron chi connectivity index (χ2n) is 4.09. The zero-order chi connectivity index (χ0) is 12.4. The van der Waals surface area contributed by atoms with E-state index in [1.807, 2.05) is 6.92 Å². The van der Waals surface area contributed by atoms with Gasteiger partial charge in [-0.05, 0) is 25.7 Å². The van der Waals surface area contributed by atoms with Crippen molar-refractivity contribution in [3.05, 3.63) is 10.6 Å². The van der Waals surface area contributed by atoms with Gasteiger partial charge in [-0.25, -0.2) is 4.98 Å². The number of anilines is 1. The Bertz CT molecular complexity index is 434. The molecule has 0 radical (unpaired) electrons. The first-order chi connectivity index (χ1) is 8.11. The number of thiocarbonyl (C=S) groups is 1. The van der Waals surface area contributed by atoms with Gasteiger partial charge in [-0.1, -0.05) is 19.1 Å². The fourth-order valence-corrected chi connectivity index (χ4v) is 3.28. The molecule has 92 valence electrons. The van der Waals surface area contributed by atoms with E-state index in [4.69, 9.17) is 18.0 Å². The Kier molecular flexibility index (Phi) is 3.73. The number of thiazole rings is 1. The topological polar surface area (TPSA) is 68.0 Å². The SMILES string of the molecule is CCC(C(=O)Nc1nc2c(s1)CCC2)C(N)=S. The van der Waals surface area contributed by atoms with Gasteiger partial charge in [0.1, 0.15) is 0 Å². The summed E-state index contributed by atoms with van der Waals surface area (Å²) in [5.74, 6) is -0.545. The highest BCUT2D eigenvalue weighted by molar-refractivity contribution is 7.80. The molecule has 0 aromatic carbocycles. The first-order valence-electron chi connectivity index (χ1n) is 5.70. The van der Waals surface area contributed by atoms with Crippen molar-refractivity contribution in [2.45, 2.75) is 32.6 Å². The Hall–Kier alpha value is -1.01. The van der Waals surface area contributed by atoms with Crippen LogP contribution in [0.4, 0.5) is 5.13 Å². The second kappa shape index (κ2) is 5.10. The second-order valence-corrected chi connectivity index (χ2v) is 5.65. The van der Waals surface area contributed by atoms with E-state index >= 15 is 0 Å². The van der Waals surface area contributed by atoms with Crippen molar-refractivity contribution in [2.24, 2.45) is 11.7 Å². The molecule has 0 bridgehead atoms. The summed E-state index contributed by atoms with van der Waals surface area (Å²) < 4.78 is 0. The summed E-state index contributed by atoms with van der Waals surface area (Å²) in [6.07, 6.45) is 3.89. The smallest absolute Gasteiger partial charge is 0.236 e. The zero-order valence-electron chi connectivity index (χ0n) is 9.66. The highest BCUT2D eigenvalue weighted by atomic mass is 32.1. The maximum absolute atomic E-state index is 11.9. The van der Waals surface area contributed by atoms with Crippen LogP contribution in [0.3, 0.4) is 0 Å². The van der Waals surface area contributed by atoms with Crippen molar-refractivity contribution in [2.75, 3.05) is 5.32 Å². The third-order valence-corrected chi connectivity index (χ3v) is 4.25. The molecule has 1 aliphatic rings.